The van der Waals surface area contributed by atoms with E-state index in [0.717, 1.165) is 6.07 Å². The van der Waals surface area contributed by atoms with Crippen LogP contribution >= 0.6 is 0 Å². The smallest absolute Gasteiger partial charge is 0.360 e. The molecule has 0 aliphatic rings. The van der Waals surface area contributed by atoms with Crippen molar-refractivity contribution in [2.24, 2.45) is 5.92 Å². The van der Waals surface area contributed by atoms with Crippen LogP contribution in [0.5, 0.6) is 0 Å². The number of anilines is 1. The third-order valence-electron chi connectivity index (χ3n) is 4.34. The van der Waals surface area contributed by atoms with E-state index >= 15 is 0 Å². The van der Waals surface area contributed by atoms with Crippen molar-refractivity contribution >= 4 is 28.3 Å². The van der Waals surface area contributed by atoms with Crippen LogP contribution in [0.4, 0.5) is 10.1 Å². The standard InChI is InChI=1S/C22H22FN3O4/c1-13(2)12-26-21(28)18-10-5-4-9-17(18)19(25-26)22(29)30-14(3)20(27)24-16-8-6-7-15(23)11-16/h4-11,13-14H,12H2,1-3H3,(H,24,27)/t14-/m1/s1. The lowest BCUT2D eigenvalue weighted by Crippen LogP contribution is -2.32. The minimum absolute atomic E-state index is 0.0451. The number of ether oxygens (including phenoxy) is 1. The highest BCUT2D eigenvalue weighted by Crippen LogP contribution is 2.16. The van der Waals surface area contributed by atoms with E-state index in [4.69, 9.17) is 4.74 Å². The maximum atomic E-state index is 13.3. The number of aromatic nitrogens is 2. The number of nitrogens with one attached hydrogen (secondary N) is 1. The fourth-order valence-corrected chi connectivity index (χ4v) is 2.94. The average molecular weight is 411 g/mol. The number of fused-ring (bicyclic) bond motifs is 1. The summed E-state index contributed by atoms with van der Waals surface area (Å²) >= 11 is 0. The Morgan fingerprint density at radius 3 is 2.47 bits per heavy atom. The van der Waals surface area contributed by atoms with Crippen LogP contribution in [-0.4, -0.2) is 27.8 Å². The van der Waals surface area contributed by atoms with Gasteiger partial charge in [-0.05, 0) is 37.1 Å². The molecule has 0 aliphatic heterocycles. The number of amides is 1. The van der Waals surface area contributed by atoms with E-state index in [9.17, 15) is 18.8 Å². The Labute approximate surface area is 172 Å². The van der Waals surface area contributed by atoms with Gasteiger partial charge in [0.05, 0.1) is 5.39 Å². The summed E-state index contributed by atoms with van der Waals surface area (Å²) in [5.74, 6) is -1.81. The van der Waals surface area contributed by atoms with E-state index in [1.807, 2.05) is 13.8 Å². The first-order chi connectivity index (χ1) is 14.3. The van der Waals surface area contributed by atoms with Crippen LogP contribution in [0, 0.1) is 11.7 Å². The van der Waals surface area contributed by atoms with Gasteiger partial charge in [-0.2, -0.15) is 5.10 Å². The van der Waals surface area contributed by atoms with Gasteiger partial charge in [-0.25, -0.2) is 13.9 Å². The summed E-state index contributed by atoms with van der Waals surface area (Å²) in [7, 11) is 0. The Morgan fingerprint density at radius 2 is 1.80 bits per heavy atom. The van der Waals surface area contributed by atoms with Gasteiger partial charge in [0.25, 0.3) is 11.5 Å². The first-order valence-electron chi connectivity index (χ1n) is 9.53. The zero-order valence-electron chi connectivity index (χ0n) is 16.9. The molecule has 1 atom stereocenters. The molecule has 0 fully saturated rings. The lowest BCUT2D eigenvalue weighted by molar-refractivity contribution is -0.123. The number of nitrogens with zero attached hydrogens (tertiary/aromatic N) is 2. The second kappa shape index (κ2) is 8.86. The van der Waals surface area contributed by atoms with E-state index in [2.05, 4.69) is 10.4 Å². The van der Waals surface area contributed by atoms with E-state index in [1.165, 1.54) is 29.8 Å². The van der Waals surface area contributed by atoms with Crippen molar-refractivity contribution in [2.45, 2.75) is 33.4 Å². The van der Waals surface area contributed by atoms with Gasteiger partial charge in [0.2, 0.25) is 0 Å². The molecule has 0 saturated heterocycles. The van der Waals surface area contributed by atoms with Gasteiger partial charge >= 0.3 is 5.97 Å². The van der Waals surface area contributed by atoms with Crippen LogP contribution in [0.25, 0.3) is 10.8 Å². The van der Waals surface area contributed by atoms with Crippen molar-refractivity contribution < 1.29 is 18.7 Å². The van der Waals surface area contributed by atoms with Gasteiger partial charge < -0.3 is 10.1 Å². The fourth-order valence-electron chi connectivity index (χ4n) is 2.94. The van der Waals surface area contributed by atoms with Crippen molar-refractivity contribution in [1.82, 2.24) is 9.78 Å². The van der Waals surface area contributed by atoms with Crippen molar-refractivity contribution in [3.05, 3.63) is 70.4 Å². The number of hydrogen-bond donors (Lipinski definition) is 1. The van der Waals surface area contributed by atoms with E-state index in [1.54, 1.807) is 24.3 Å². The molecule has 1 amide bonds. The molecule has 0 radical (unpaired) electrons. The first kappa shape index (κ1) is 21.2. The van der Waals surface area contributed by atoms with E-state index < -0.39 is 23.8 Å². The number of hydrogen-bond acceptors (Lipinski definition) is 5. The number of carbonyl (C=O) groups is 2. The monoisotopic (exact) mass is 411 g/mol. The molecule has 7 nitrogen and oxygen atoms in total. The summed E-state index contributed by atoms with van der Waals surface area (Å²) in [4.78, 5) is 37.8. The molecular weight excluding hydrogens is 389 g/mol. The number of carbonyl (C=O) groups excluding carboxylic acids is 2. The highest BCUT2D eigenvalue weighted by atomic mass is 19.1. The molecular formula is C22H22FN3O4. The largest absolute Gasteiger partial charge is 0.448 e. The predicted molar refractivity (Wildman–Crippen MR) is 111 cm³/mol. The normalized spacial score (nSPS) is 12.0. The van der Waals surface area contributed by atoms with Crippen molar-refractivity contribution in [1.29, 1.82) is 0 Å². The highest BCUT2D eigenvalue weighted by Gasteiger charge is 2.23. The van der Waals surface area contributed by atoms with Gasteiger partial charge in [0, 0.05) is 17.6 Å². The highest BCUT2D eigenvalue weighted by molar-refractivity contribution is 6.03. The summed E-state index contributed by atoms with van der Waals surface area (Å²) in [5, 5.41) is 7.38. The topological polar surface area (TPSA) is 90.3 Å². The Bertz CT molecular complexity index is 1160. The minimum Gasteiger partial charge on any atom is -0.448 e. The van der Waals surface area contributed by atoms with Crippen LogP contribution in [0.3, 0.4) is 0 Å². The number of benzene rings is 2. The third-order valence-corrected chi connectivity index (χ3v) is 4.34. The molecule has 0 saturated carbocycles. The summed E-state index contributed by atoms with van der Waals surface area (Å²) in [6.45, 7) is 5.60. The lowest BCUT2D eigenvalue weighted by atomic mass is 10.1. The molecule has 0 bridgehead atoms. The molecule has 156 valence electrons. The van der Waals surface area contributed by atoms with Gasteiger partial charge in [0.1, 0.15) is 5.82 Å². The van der Waals surface area contributed by atoms with Crippen LogP contribution in [0.1, 0.15) is 31.3 Å². The van der Waals surface area contributed by atoms with Crippen molar-refractivity contribution in [2.75, 3.05) is 5.32 Å². The zero-order chi connectivity index (χ0) is 21.8. The van der Waals surface area contributed by atoms with Gasteiger partial charge in [-0.1, -0.05) is 38.1 Å². The van der Waals surface area contributed by atoms with Crippen molar-refractivity contribution in [3.8, 4) is 0 Å². The maximum Gasteiger partial charge on any atom is 0.360 e. The summed E-state index contributed by atoms with van der Waals surface area (Å²) in [6.07, 6.45) is -1.16. The quantitative estimate of drug-likeness (QED) is 0.628. The van der Waals surface area contributed by atoms with E-state index in [0.29, 0.717) is 17.3 Å². The molecule has 1 heterocycles. The van der Waals surface area contributed by atoms with Crippen LogP contribution in [-0.2, 0) is 16.1 Å². The summed E-state index contributed by atoms with van der Waals surface area (Å²) in [6, 6.07) is 12.0. The van der Waals surface area contributed by atoms with Crippen LogP contribution in [0.2, 0.25) is 0 Å². The molecule has 3 rings (SSSR count). The van der Waals surface area contributed by atoms with Gasteiger partial charge in [0.15, 0.2) is 11.8 Å². The molecule has 1 N–H and O–H groups in total. The predicted octanol–water partition coefficient (Wildman–Crippen LogP) is 3.38. The van der Waals surface area contributed by atoms with Gasteiger partial charge in [-0.15, -0.1) is 0 Å². The molecule has 30 heavy (non-hydrogen) atoms. The molecule has 0 unspecified atom stereocenters. The van der Waals surface area contributed by atoms with Crippen LogP contribution in [0.15, 0.2) is 53.3 Å². The number of halogens is 1. The Balaban J connectivity index is 1.86. The Morgan fingerprint density at radius 1 is 1.10 bits per heavy atom. The average Bonchev–Trinajstić information content (AvgIpc) is 2.69. The molecule has 8 heteroatoms. The third kappa shape index (κ3) is 4.71. The van der Waals surface area contributed by atoms with Crippen LogP contribution < -0.4 is 10.9 Å². The van der Waals surface area contributed by atoms with Gasteiger partial charge in [-0.3, -0.25) is 9.59 Å². The first-order valence-corrected chi connectivity index (χ1v) is 9.53. The molecule has 0 spiro atoms. The summed E-state index contributed by atoms with van der Waals surface area (Å²) < 4.78 is 19.8. The zero-order valence-corrected chi connectivity index (χ0v) is 16.9. The minimum atomic E-state index is -1.16. The van der Waals surface area contributed by atoms with E-state index in [-0.39, 0.29) is 22.9 Å². The second-order valence-electron chi connectivity index (χ2n) is 7.32. The molecule has 2 aromatic carbocycles. The lowest BCUT2D eigenvalue weighted by Gasteiger charge is -2.15. The number of rotatable bonds is 6. The fraction of sp³-hybridized carbons (Fsp3) is 0.273. The molecule has 3 aromatic rings. The maximum absolute atomic E-state index is 13.3. The molecule has 1 aromatic heterocycles. The Hall–Kier alpha value is -3.55. The summed E-state index contributed by atoms with van der Waals surface area (Å²) in [5.41, 5.74) is -0.0963. The number of esters is 1. The SMILES string of the molecule is CC(C)Cn1nc(C(=O)O[C@H](C)C(=O)Nc2cccc(F)c2)c2ccccc2c1=O. The van der Waals surface area contributed by atoms with Crippen molar-refractivity contribution in [3.63, 3.8) is 0 Å². The second-order valence-corrected chi connectivity index (χ2v) is 7.32. The molecule has 0 aliphatic carbocycles. The Kier molecular flexibility index (Phi) is 6.25.